The molecule has 1 aromatic heterocycles. The number of methoxy groups -OCH3 is 1. The second-order valence-corrected chi connectivity index (χ2v) is 7.97. The van der Waals surface area contributed by atoms with Crippen LogP contribution in [0.15, 0.2) is 13.6 Å². The first kappa shape index (κ1) is 16.3. The number of carbonyl (C=O) groups is 1. The Bertz CT molecular complexity index is 407. The highest BCUT2D eigenvalue weighted by molar-refractivity contribution is 9.12. The van der Waals surface area contributed by atoms with Gasteiger partial charge in [-0.25, -0.2) is 0 Å². The first-order chi connectivity index (χ1) is 8.45. The van der Waals surface area contributed by atoms with Crippen LogP contribution in [-0.4, -0.2) is 43.5 Å². The highest BCUT2D eigenvalue weighted by atomic mass is 79.9. The second-order valence-electron chi connectivity index (χ2n) is 4.22. The van der Waals surface area contributed by atoms with Gasteiger partial charge in [0.2, 0.25) is 0 Å². The Balaban J connectivity index is 2.69. The van der Waals surface area contributed by atoms with Gasteiger partial charge < -0.3 is 4.74 Å². The van der Waals surface area contributed by atoms with Gasteiger partial charge in [0.25, 0.3) is 0 Å². The lowest BCUT2D eigenvalue weighted by molar-refractivity contribution is 0.0852. The van der Waals surface area contributed by atoms with Gasteiger partial charge in [-0.05, 0) is 51.8 Å². The molecule has 0 unspecified atom stereocenters. The van der Waals surface area contributed by atoms with Crippen molar-refractivity contribution in [2.24, 2.45) is 0 Å². The predicted molar refractivity (Wildman–Crippen MR) is 82.6 cm³/mol. The van der Waals surface area contributed by atoms with Crippen LogP contribution in [0.1, 0.15) is 24.2 Å². The summed E-state index contributed by atoms with van der Waals surface area (Å²) in [4.78, 5) is 14.3. The first-order valence-corrected chi connectivity index (χ1v) is 8.07. The molecular weight excluding hydrogens is 382 g/mol. The van der Waals surface area contributed by atoms with Crippen LogP contribution in [0.25, 0.3) is 0 Å². The molecule has 1 aromatic rings. The van der Waals surface area contributed by atoms with Gasteiger partial charge in [0.1, 0.15) is 0 Å². The lowest BCUT2D eigenvalue weighted by Gasteiger charge is -2.25. The summed E-state index contributed by atoms with van der Waals surface area (Å²) in [5.74, 6) is 0.133. The third kappa shape index (κ3) is 4.74. The molecule has 0 aliphatic carbocycles. The molecule has 0 saturated carbocycles. The Morgan fingerprint density at radius 1 is 1.50 bits per heavy atom. The van der Waals surface area contributed by atoms with Crippen LogP contribution >= 0.6 is 43.2 Å². The van der Waals surface area contributed by atoms with Crippen molar-refractivity contribution in [3.8, 4) is 0 Å². The van der Waals surface area contributed by atoms with Gasteiger partial charge in [0, 0.05) is 25.3 Å². The Hall–Kier alpha value is 0.250. The molecule has 6 heteroatoms. The normalized spacial score (nSPS) is 11.5. The third-order valence-electron chi connectivity index (χ3n) is 2.62. The molecular formula is C12H17Br2NO2S. The van der Waals surface area contributed by atoms with Gasteiger partial charge in [-0.1, -0.05) is 0 Å². The van der Waals surface area contributed by atoms with Crippen LogP contribution in [-0.2, 0) is 4.74 Å². The molecule has 18 heavy (non-hydrogen) atoms. The topological polar surface area (TPSA) is 29.5 Å². The van der Waals surface area contributed by atoms with Gasteiger partial charge in [0.15, 0.2) is 5.78 Å². The summed E-state index contributed by atoms with van der Waals surface area (Å²) in [5.41, 5.74) is 0.745. The average Bonchev–Trinajstić information content (AvgIpc) is 2.63. The van der Waals surface area contributed by atoms with Crippen molar-refractivity contribution in [2.45, 2.75) is 19.9 Å². The molecule has 102 valence electrons. The number of carbonyl (C=O) groups excluding carboxylic acids is 1. The standard InChI is InChI=1S/C12H17Br2NO2S/c1-8(2)15(4-5-17-3)7-10(16)9-6-11(13)18-12(9)14/h6,8H,4-5,7H2,1-3H3. The van der Waals surface area contributed by atoms with Gasteiger partial charge in [-0.2, -0.15) is 0 Å². The molecule has 1 heterocycles. The molecule has 0 fully saturated rings. The van der Waals surface area contributed by atoms with E-state index in [1.165, 1.54) is 11.3 Å². The minimum atomic E-state index is 0.133. The number of halogens is 2. The molecule has 0 amide bonds. The number of thiophene rings is 1. The Labute approximate surface area is 129 Å². The zero-order chi connectivity index (χ0) is 13.7. The zero-order valence-corrected chi connectivity index (χ0v) is 14.7. The maximum atomic E-state index is 12.2. The molecule has 0 spiro atoms. The highest BCUT2D eigenvalue weighted by Gasteiger charge is 2.18. The minimum absolute atomic E-state index is 0.133. The number of ketones is 1. The number of hydrogen-bond donors (Lipinski definition) is 0. The van der Waals surface area contributed by atoms with Crippen molar-refractivity contribution in [1.29, 1.82) is 0 Å². The average molecular weight is 399 g/mol. The van der Waals surface area contributed by atoms with Crippen LogP contribution in [0, 0.1) is 0 Å². The van der Waals surface area contributed by atoms with Crippen molar-refractivity contribution >= 4 is 49.0 Å². The molecule has 0 radical (unpaired) electrons. The summed E-state index contributed by atoms with van der Waals surface area (Å²) in [6.45, 7) is 5.99. The van der Waals surface area contributed by atoms with Gasteiger partial charge in [-0.15, -0.1) is 11.3 Å². The molecule has 0 atom stereocenters. The number of rotatable bonds is 7. The highest BCUT2D eigenvalue weighted by Crippen LogP contribution is 2.32. The molecule has 0 aliphatic heterocycles. The van der Waals surface area contributed by atoms with E-state index in [-0.39, 0.29) is 5.78 Å². The monoisotopic (exact) mass is 397 g/mol. The van der Waals surface area contributed by atoms with E-state index in [4.69, 9.17) is 4.74 Å². The molecule has 0 N–H and O–H groups in total. The second kappa shape index (κ2) is 7.75. The van der Waals surface area contributed by atoms with Crippen LogP contribution in [0.3, 0.4) is 0 Å². The maximum absolute atomic E-state index is 12.2. The first-order valence-electron chi connectivity index (χ1n) is 5.66. The van der Waals surface area contributed by atoms with Crippen molar-refractivity contribution < 1.29 is 9.53 Å². The number of hydrogen-bond acceptors (Lipinski definition) is 4. The lowest BCUT2D eigenvalue weighted by Crippen LogP contribution is -2.38. The lowest BCUT2D eigenvalue weighted by atomic mass is 10.2. The molecule has 0 bridgehead atoms. The Kier molecular flexibility index (Phi) is 7.02. The van der Waals surface area contributed by atoms with E-state index >= 15 is 0 Å². The van der Waals surface area contributed by atoms with Gasteiger partial charge in [-0.3, -0.25) is 9.69 Å². The summed E-state index contributed by atoms with van der Waals surface area (Å²) < 4.78 is 6.92. The molecule has 0 aliphatic rings. The fourth-order valence-corrected chi connectivity index (χ4v) is 4.38. The van der Waals surface area contributed by atoms with E-state index in [0.29, 0.717) is 19.2 Å². The van der Waals surface area contributed by atoms with Gasteiger partial charge >= 0.3 is 0 Å². The van der Waals surface area contributed by atoms with Crippen LogP contribution < -0.4 is 0 Å². The Morgan fingerprint density at radius 3 is 2.61 bits per heavy atom. The summed E-state index contributed by atoms with van der Waals surface area (Å²) in [6.07, 6.45) is 0. The van der Waals surface area contributed by atoms with Crippen molar-refractivity contribution in [3.63, 3.8) is 0 Å². The third-order valence-corrected chi connectivity index (χ3v) is 4.96. The van der Waals surface area contributed by atoms with Crippen molar-refractivity contribution in [3.05, 3.63) is 19.2 Å². The van der Waals surface area contributed by atoms with E-state index in [0.717, 1.165) is 19.7 Å². The van der Waals surface area contributed by atoms with E-state index in [1.807, 2.05) is 6.07 Å². The quantitative estimate of drug-likeness (QED) is 0.654. The largest absolute Gasteiger partial charge is 0.383 e. The van der Waals surface area contributed by atoms with Crippen LogP contribution in [0.4, 0.5) is 0 Å². The van der Waals surface area contributed by atoms with E-state index in [1.54, 1.807) is 7.11 Å². The van der Waals surface area contributed by atoms with Crippen LogP contribution in [0.2, 0.25) is 0 Å². The van der Waals surface area contributed by atoms with Crippen molar-refractivity contribution in [2.75, 3.05) is 26.8 Å². The maximum Gasteiger partial charge on any atom is 0.178 e. The molecule has 0 saturated heterocycles. The fraction of sp³-hybridized carbons (Fsp3) is 0.583. The number of nitrogens with zero attached hydrogens (tertiary/aromatic N) is 1. The molecule has 3 nitrogen and oxygen atoms in total. The molecule has 0 aromatic carbocycles. The van der Waals surface area contributed by atoms with Crippen molar-refractivity contribution in [1.82, 2.24) is 4.90 Å². The number of Topliss-reactive ketones (excluding diaryl/α,β-unsaturated/α-hetero) is 1. The van der Waals surface area contributed by atoms with E-state index in [9.17, 15) is 4.79 Å². The van der Waals surface area contributed by atoms with Gasteiger partial charge in [0.05, 0.1) is 20.7 Å². The number of ether oxygens (including phenoxy) is 1. The van der Waals surface area contributed by atoms with E-state index in [2.05, 4.69) is 50.6 Å². The summed E-state index contributed by atoms with van der Waals surface area (Å²) in [6, 6.07) is 2.19. The zero-order valence-electron chi connectivity index (χ0n) is 10.7. The van der Waals surface area contributed by atoms with E-state index < -0.39 is 0 Å². The predicted octanol–water partition coefficient (Wildman–Crippen LogP) is 3.81. The smallest absolute Gasteiger partial charge is 0.178 e. The summed E-state index contributed by atoms with van der Waals surface area (Å²) >= 11 is 8.33. The summed E-state index contributed by atoms with van der Waals surface area (Å²) in [5, 5.41) is 0. The Morgan fingerprint density at radius 2 is 2.17 bits per heavy atom. The van der Waals surface area contributed by atoms with Crippen LogP contribution in [0.5, 0.6) is 0 Å². The summed E-state index contributed by atoms with van der Waals surface area (Å²) in [7, 11) is 1.67. The SMILES string of the molecule is COCCN(CC(=O)c1cc(Br)sc1Br)C(C)C. The minimum Gasteiger partial charge on any atom is -0.383 e. The molecule has 1 rings (SSSR count). The fourth-order valence-electron chi connectivity index (χ4n) is 1.53.